The first-order valence-electron chi connectivity index (χ1n) is 13.8. The molecule has 3 N–H and O–H groups in total. The van der Waals surface area contributed by atoms with E-state index >= 15 is 0 Å². The van der Waals surface area contributed by atoms with Crippen molar-refractivity contribution in [3.05, 3.63) is 12.2 Å². The molecule has 0 amide bonds. The van der Waals surface area contributed by atoms with Gasteiger partial charge in [-0.2, -0.15) is 0 Å². The van der Waals surface area contributed by atoms with E-state index in [-0.39, 0.29) is 13.0 Å². The van der Waals surface area contributed by atoms with Crippen LogP contribution in [-0.2, 0) is 4.57 Å². The highest BCUT2D eigenvalue weighted by Crippen LogP contribution is 2.52. The maximum Gasteiger partial charge on any atom is 0.362 e. The molecule has 0 heterocycles. The summed E-state index contributed by atoms with van der Waals surface area (Å²) in [6.07, 6.45) is 27.3. The highest BCUT2D eigenvalue weighted by atomic mass is 31.2. The number of allylic oxidation sites excluding steroid dienone is 2. The van der Waals surface area contributed by atoms with Crippen LogP contribution in [0.4, 0.5) is 0 Å². The smallest absolute Gasteiger partial charge is 0.362 e. The third-order valence-electron chi connectivity index (χ3n) is 6.36. The summed E-state index contributed by atoms with van der Waals surface area (Å²) in [5.74, 6) is 0. The molecule has 6 heteroatoms. The fraction of sp³-hybridized carbons (Fsp3) is 0.926. The Kier molecular flexibility index (Phi) is 18.9. The second-order valence-electron chi connectivity index (χ2n) is 11.1. The molecule has 0 saturated heterocycles. The average molecular weight is 491 g/mol. The molecule has 0 aromatic heterocycles. The second-order valence-corrected chi connectivity index (χ2v) is 13.0. The number of hydrogen-bond acceptors (Lipinski definition) is 2. The topological polar surface area (TPSA) is 77.8 Å². The quantitative estimate of drug-likeness (QED) is 0.0598. The number of quaternary nitrogens is 1. The molecule has 0 aliphatic rings. The maximum atomic E-state index is 11.8. The van der Waals surface area contributed by atoms with Gasteiger partial charge in [0, 0.05) is 0 Å². The lowest BCUT2D eigenvalue weighted by Crippen LogP contribution is -2.49. The largest absolute Gasteiger partial charge is 0.373 e. The van der Waals surface area contributed by atoms with Gasteiger partial charge in [-0.1, -0.05) is 103 Å². The first-order chi connectivity index (χ1) is 15.5. The third kappa shape index (κ3) is 19.8. The van der Waals surface area contributed by atoms with E-state index in [4.69, 9.17) is 0 Å². The van der Waals surface area contributed by atoms with Crippen molar-refractivity contribution < 1.29 is 23.9 Å². The van der Waals surface area contributed by atoms with E-state index in [0.29, 0.717) is 10.9 Å². The molecule has 198 valence electrons. The summed E-state index contributed by atoms with van der Waals surface area (Å²) in [6, 6.07) is 0. The van der Waals surface area contributed by atoms with Gasteiger partial charge in [-0.05, 0) is 38.5 Å². The van der Waals surface area contributed by atoms with Gasteiger partial charge in [0.15, 0.2) is 0 Å². The highest BCUT2D eigenvalue weighted by molar-refractivity contribution is 7.53. The Labute approximate surface area is 205 Å². The van der Waals surface area contributed by atoms with Crippen LogP contribution < -0.4 is 0 Å². The zero-order valence-corrected chi connectivity index (χ0v) is 23.3. The zero-order chi connectivity index (χ0) is 25.1. The van der Waals surface area contributed by atoms with E-state index < -0.39 is 12.9 Å². The van der Waals surface area contributed by atoms with Gasteiger partial charge in [-0.25, -0.2) is 0 Å². The van der Waals surface area contributed by atoms with E-state index in [9.17, 15) is 19.5 Å². The summed E-state index contributed by atoms with van der Waals surface area (Å²) < 4.78 is 12.1. The van der Waals surface area contributed by atoms with Crippen molar-refractivity contribution in [2.24, 2.45) is 0 Å². The number of rotatable bonds is 23. The van der Waals surface area contributed by atoms with Crippen LogP contribution in [0.1, 0.15) is 129 Å². The fourth-order valence-electron chi connectivity index (χ4n) is 4.44. The van der Waals surface area contributed by atoms with Gasteiger partial charge < -0.3 is 19.4 Å². The summed E-state index contributed by atoms with van der Waals surface area (Å²) in [6.45, 7) is 2.33. The Morgan fingerprint density at radius 1 is 0.667 bits per heavy atom. The van der Waals surface area contributed by atoms with E-state index in [2.05, 4.69) is 19.1 Å². The molecular formula is C27H57NO4P+. The number of likely N-dealkylation sites (N-methyl/N-ethyl adjacent to an activating group) is 1. The van der Waals surface area contributed by atoms with Crippen molar-refractivity contribution in [3.63, 3.8) is 0 Å². The molecule has 0 aliphatic carbocycles. The van der Waals surface area contributed by atoms with Gasteiger partial charge >= 0.3 is 7.60 Å². The Balaban J connectivity index is 3.56. The molecule has 33 heavy (non-hydrogen) atoms. The fourth-order valence-corrected chi connectivity index (χ4v) is 5.50. The summed E-state index contributed by atoms with van der Waals surface area (Å²) in [4.78, 5) is 19.2. The molecule has 0 radical (unpaired) electrons. The molecule has 1 atom stereocenters. The Morgan fingerprint density at radius 3 is 1.39 bits per heavy atom. The minimum Gasteiger partial charge on any atom is -0.373 e. The molecule has 0 saturated carbocycles. The van der Waals surface area contributed by atoms with Crippen LogP contribution in [-0.4, -0.2) is 52.4 Å². The molecule has 0 fully saturated rings. The number of nitrogens with zero attached hydrogens (tertiary/aromatic N) is 1. The molecule has 1 unspecified atom stereocenters. The van der Waals surface area contributed by atoms with Crippen LogP contribution in [0, 0.1) is 0 Å². The van der Waals surface area contributed by atoms with Crippen LogP contribution in [0.5, 0.6) is 0 Å². The molecule has 0 bridgehead atoms. The number of aliphatic hydroxyl groups is 1. The summed E-state index contributed by atoms with van der Waals surface area (Å²) in [5, 5.41) is 8.64. The monoisotopic (exact) mass is 490 g/mol. The van der Waals surface area contributed by atoms with Gasteiger partial charge in [0.05, 0.1) is 21.1 Å². The lowest BCUT2D eigenvalue weighted by molar-refractivity contribution is -0.875. The molecule has 5 nitrogen and oxygen atoms in total. The maximum absolute atomic E-state index is 11.8. The first kappa shape index (κ1) is 32.8. The molecule has 0 rings (SSSR count). The molecule has 0 aromatic rings. The average Bonchev–Trinajstić information content (AvgIpc) is 2.70. The molecule has 0 spiro atoms. The second kappa shape index (κ2) is 19.1. The van der Waals surface area contributed by atoms with Gasteiger partial charge in [-0.3, -0.25) is 4.57 Å². The van der Waals surface area contributed by atoms with Gasteiger partial charge in [0.25, 0.3) is 0 Å². The minimum absolute atomic E-state index is 0.0617. The van der Waals surface area contributed by atoms with Crippen LogP contribution in [0.3, 0.4) is 0 Å². The van der Waals surface area contributed by atoms with Crippen molar-refractivity contribution in [1.82, 2.24) is 0 Å². The normalized spacial score (nSPS) is 14.8. The predicted molar refractivity (Wildman–Crippen MR) is 142 cm³/mol. The summed E-state index contributed by atoms with van der Waals surface area (Å²) in [7, 11) is 0.982. The Morgan fingerprint density at radius 2 is 1.03 bits per heavy atom. The molecule has 0 aromatic carbocycles. The number of unbranched alkanes of at least 4 members (excludes halogenated alkanes) is 16. The lowest BCUT2D eigenvalue weighted by atomic mass is 10.0. The van der Waals surface area contributed by atoms with E-state index in [1.165, 1.54) is 96.3 Å². The Hall–Kier alpha value is -0.190. The Bertz CT molecular complexity index is 527. The van der Waals surface area contributed by atoms with Crippen LogP contribution in [0.25, 0.3) is 0 Å². The van der Waals surface area contributed by atoms with E-state index in [1.807, 2.05) is 21.1 Å². The zero-order valence-electron chi connectivity index (χ0n) is 22.4. The van der Waals surface area contributed by atoms with Crippen molar-refractivity contribution in [2.75, 3.05) is 27.7 Å². The van der Waals surface area contributed by atoms with E-state index in [1.54, 1.807) is 0 Å². The van der Waals surface area contributed by atoms with Crippen LogP contribution in [0.2, 0.25) is 0 Å². The first-order valence-corrected chi connectivity index (χ1v) is 15.4. The SMILES string of the molecule is CCCCCCCC/C=C\CCCCCCCCCCCCC(O)(C[N+](C)(C)C)P(=O)(O)O. The third-order valence-corrected chi connectivity index (χ3v) is 7.81. The van der Waals surface area contributed by atoms with Crippen LogP contribution >= 0.6 is 7.60 Å². The standard InChI is InChI=1S/C27H56NO4P/c1-5-6-7-8-9-10-11-12-13-14-15-16-17-18-19-20-21-22-23-24-25-27(29,33(30,31)32)26-28(2,3)4/h12-13,29H,5-11,14-26H2,1-4H3,(H-,30,31,32)/p+1/b13-12-. The summed E-state index contributed by atoms with van der Waals surface area (Å²) in [5.41, 5.74) is 0. The highest BCUT2D eigenvalue weighted by Gasteiger charge is 2.48. The minimum atomic E-state index is -4.54. The summed E-state index contributed by atoms with van der Waals surface area (Å²) >= 11 is 0. The molecular weight excluding hydrogens is 433 g/mol. The predicted octanol–water partition coefficient (Wildman–Crippen LogP) is 7.55. The van der Waals surface area contributed by atoms with E-state index in [0.717, 1.165) is 12.8 Å². The number of hydrogen-bond donors (Lipinski definition) is 3. The van der Waals surface area contributed by atoms with Crippen molar-refractivity contribution in [1.29, 1.82) is 0 Å². The van der Waals surface area contributed by atoms with Gasteiger partial charge in [0.1, 0.15) is 6.54 Å². The van der Waals surface area contributed by atoms with Crippen molar-refractivity contribution in [2.45, 2.75) is 134 Å². The van der Waals surface area contributed by atoms with Gasteiger partial charge in [-0.15, -0.1) is 0 Å². The lowest BCUT2D eigenvalue weighted by Gasteiger charge is -2.35. The van der Waals surface area contributed by atoms with Crippen LogP contribution in [0.15, 0.2) is 12.2 Å². The van der Waals surface area contributed by atoms with Crippen molar-refractivity contribution >= 4 is 7.60 Å². The molecule has 0 aliphatic heterocycles. The van der Waals surface area contributed by atoms with Gasteiger partial charge in [0.2, 0.25) is 5.34 Å². The van der Waals surface area contributed by atoms with Crippen molar-refractivity contribution in [3.8, 4) is 0 Å².